The number of hydrogen-bond donors (Lipinski definition) is 2. The Bertz CT molecular complexity index is 367. The summed E-state index contributed by atoms with van der Waals surface area (Å²) in [6.07, 6.45) is 0. The fraction of sp³-hybridized carbons (Fsp3) is 0.364. The highest BCUT2D eigenvalue weighted by Gasteiger charge is 2.05. The lowest BCUT2D eigenvalue weighted by Gasteiger charge is -2.20. The van der Waals surface area contributed by atoms with Crippen LogP contribution in [0.1, 0.15) is 5.56 Å². The highest BCUT2D eigenvalue weighted by Crippen LogP contribution is 2.22. The molecule has 0 radical (unpaired) electrons. The second kappa shape index (κ2) is 5.23. The number of likely N-dealkylation sites (N-methyl/N-ethyl adjacent to an activating group) is 2. The summed E-state index contributed by atoms with van der Waals surface area (Å²) < 4.78 is 0. The van der Waals surface area contributed by atoms with Crippen molar-refractivity contribution in [2.45, 2.75) is 0 Å². The first-order valence-corrected chi connectivity index (χ1v) is 4.84. The van der Waals surface area contributed by atoms with Gasteiger partial charge in [-0.3, -0.25) is 0 Å². The van der Waals surface area contributed by atoms with Crippen LogP contribution in [0.3, 0.4) is 0 Å². The lowest BCUT2D eigenvalue weighted by molar-refractivity contribution is 0.768. The number of anilines is 2. The minimum Gasteiger partial charge on any atom is -0.397 e. The summed E-state index contributed by atoms with van der Waals surface area (Å²) in [6, 6.07) is 7.41. The summed E-state index contributed by atoms with van der Waals surface area (Å²) >= 11 is 0. The summed E-state index contributed by atoms with van der Waals surface area (Å²) in [6.45, 7) is 1.74. The molecule has 0 aliphatic heterocycles. The molecule has 0 aromatic heterocycles. The van der Waals surface area contributed by atoms with Gasteiger partial charge in [-0.25, -0.2) is 0 Å². The average Bonchev–Trinajstić information content (AvgIpc) is 2.26. The van der Waals surface area contributed by atoms with Crippen LogP contribution in [-0.4, -0.2) is 27.2 Å². The topological polar surface area (TPSA) is 65.1 Å². The first kappa shape index (κ1) is 11.3. The fourth-order valence-corrected chi connectivity index (χ4v) is 1.34. The van der Waals surface area contributed by atoms with Gasteiger partial charge in [0.1, 0.15) is 0 Å². The van der Waals surface area contributed by atoms with Crippen molar-refractivity contribution in [2.75, 3.05) is 37.8 Å². The number of nitrogens with two attached hydrogens (primary N) is 1. The van der Waals surface area contributed by atoms with Crippen molar-refractivity contribution in [1.82, 2.24) is 5.32 Å². The van der Waals surface area contributed by atoms with E-state index in [1.54, 1.807) is 12.1 Å². The summed E-state index contributed by atoms with van der Waals surface area (Å²) in [5, 5.41) is 11.9. The summed E-state index contributed by atoms with van der Waals surface area (Å²) in [5.41, 5.74) is 8.09. The van der Waals surface area contributed by atoms with E-state index < -0.39 is 0 Å². The predicted molar refractivity (Wildman–Crippen MR) is 62.8 cm³/mol. The average molecular weight is 204 g/mol. The Morgan fingerprint density at radius 3 is 2.87 bits per heavy atom. The van der Waals surface area contributed by atoms with Gasteiger partial charge in [0.2, 0.25) is 0 Å². The number of hydrogen-bond acceptors (Lipinski definition) is 4. The van der Waals surface area contributed by atoms with E-state index in [0.29, 0.717) is 11.3 Å². The van der Waals surface area contributed by atoms with Crippen LogP contribution in [0.4, 0.5) is 11.4 Å². The molecule has 0 heterocycles. The second-order valence-corrected chi connectivity index (χ2v) is 3.41. The van der Waals surface area contributed by atoms with Crippen LogP contribution in [0.15, 0.2) is 18.2 Å². The number of nitrogens with one attached hydrogen (secondary N) is 1. The highest BCUT2D eigenvalue weighted by atomic mass is 15.1. The smallest absolute Gasteiger partial charge is 0.0992 e. The molecule has 0 aliphatic rings. The molecule has 0 unspecified atom stereocenters. The number of benzene rings is 1. The molecule has 4 heteroatoms. The molecule has 0 saturated carbocycles. The van der Waals surface area contributed by atoms with E-state index in [1.165, 1.54) is 0 Å². The van der Waals surface area contributed by atoms with Gasteiger partial charge < -0.3 is 16.0 Å². The Labute approximate surface area is 90.3 Å². The monoisotopic (exact) mass is 204 g/mol. The Balaban J connectivity index is 2.87. The minimum atomic E-state index is 0.635. The lowest BCUT2D eigenvalue weighted by Crippen LogP contribution is -2.27. The number of nitrogens with zero attached hydrogens (tertiary/aromatic N) is 2. The molecule has 0 spiro atoms. The summed E-state index contributed by atoms with van der Waals surface area (Å²) in [5.74, 6) is 0. The van der Waals surface area contributed by atoms with Gasteiger partial charge in [-0.2, -0.15) is 5.26 Å². The van der Waals surface area contributed by atoms with Crippen LogP contribution in [0.5, 0.6) is 0 Å². The van der Waals surface area contributed by atoms with Gasteiger partial charge in [0.25, 0.3) is 0 Å². The molecule has 0 fully saturated rings. The van der Waals surface area contributed by atoms with Crippen molar-refractivity contribution in [3.05, 3.63) is 23.8 Å². The predicted octanol–water partition coefficient (Wildman–Crippen LogP) is 0.796. The van der Waals surface area contributed by atoms with Crippen molar-refractivity contribution in [3.8, 4) is 6.07 Å². The zero-order chi connectivity index (χ0) is 11.3. The third-order valence-corrected chi connectivity index (χ3v) is 2.27. The molecule has 1 rings (SSSR count). The third kappa shape index (κ3) is 2.86. The van der Waals surface area contributed by atoms with Crippen LogP contribution in [-0.2, 0) is 0 Å². The fourth-order valence-electron chi connectivity index (χ4n) is 1.34. The Morgan fingerprint density at radius 1 is 1.53 bits per heavy atom. The third-order valence-electron chi connectivity index (χ3n) is 2.27. The van der Waals surface area contributed by atoms with E-state index in [2.05, 4.69) is 11.4 Å². The normalized spacial score (nSPS) is 9.67. The van der Waals surface area contributed by atoms with Crippen LogP contribution in [0.2, 0.25) is 0 Å². The maximum absolute atomic E-state index is 8.79. The molecule has 0 amide bonds. The molecule has 3 N–H and O–H groups in total. The number of rotatable bonds is 4. The Hall–Kier alpha value is -1.73. The van der Waals surface area contributed by atoms with E-state index in [4.69, 9.17) is 11.0 Å². The van der Waals surface area contributed by atoms with Crippen molar-refractivity contribution >= 4 is 11.4 Å². The molecular formula is C11H16N4. The van der Waals surface area contributed by atoms with Gasteiger partial charge in [-0.1, -0.05) is 0 Å². The van der Waals surface area contributed by atoms with Gasteiger partial charge in [-0.15, -0.1) is 0 Å². The van der Waals surface area contributed by atoms with Gasteiger partial charge in [0.05, 0.1) is 23.0 Å². The Kier molecular flexibility index (Phi) is 3.95. The zero-order valence-corrected chi connectivity index (χ0v) is 9.12. The maximum Gasteiger partial charge on any atom is 0.0992 e. The highest BCUT2D eigenvalue weighted by molar-refractivity contribution is 5.69. The van der Waals surface area contributed by atoms with Crippen LogP contribution in [0, 0.1) is 11.3 Å². The van der Waals surface area contributed by atoms with Crippen molar-refractivity contribution in [2.24, 2.45) is 0 Å². The molecule has 15 heavy (non-hydrogen) atoms. The van der Waals surface area contributed by atoms with Crippen LogP contribution >= 0.6 is 0 Å². The summed E-state index contributed by atoms with van der Waals surface area (Å²) in [7, 11) is 3.87. The molecule has 0 atom stereocenters. The molecular weight excluding hydrogens is 188 g/mol. The Morgan fingerprint density at radius 2 is 2.27 bits per heavy atom. The zero-order valence-electron chi connectivity index (χ0n) is 9.12. The molecule has 1 aromatic carbocycles. The number of nitriles is 1. The maximum atomic E-state index is 8.79. The molecule has 1 aromatic rings. The van der Waals surface area contributed by atoms with Gasteiger partial charge in [-0.05, 0) is 25.2 Å². The van der Waals surface area contributed by atoms with E-state index in [-0.39, 0.29) is 0 Å². The van der Waals surface area contributed by atoms with Gasteiger partial charge >= 0.3 is 0 Å². The van der Waals surface area contributed by atoms with Crippen molar-refractivity contribution in [1.29, 1.82) is 5.26 Å². The standard InChI is InChI=1S/C11H16N4/c1-14-5-6-15(2)11-7-9(8-12)3-4-10(11)13/h3-4,7,14H,5-6,13H2,1-2H3. The largest absolute Gasteiger partial charge is 0.397 e. The van der Waals surface area contributed by atoms with Crippen LogP contribution < -0.4 is 16.0 Å². The number of nitrogen functional groups attached to an aromatic ring is 1. The second-order valence-electron chi connectivity index (χ2n) is 3.41. The van der Waals surface area contributed by atoms with Crippen LogP contribution in [0.25, 0.3) is 0 Å². The first-order chi connectivity index (χ1) is 7.19. The van der Waals surface area contributed by atoms with Crippen molar-refractivity contribution in [3.63, 3.8) is 0 Å². The molecule has 0 saturated heterocycles. The molecule has 80 valence electrons. The minimum absolute atomic E-state index is 0.635. The quantitative estimate of drug-likeness (QED) is 0.712. The molecule has 0 aliphatic carbocycles. The molecule has 0 bridgehead atoms. The van der Waals surface area contributed by atoms with Crippen molar-refractivity contribution < 1.29 is 0 Å². The van der Waals surface area contributed by atoms with E-state index >= 15 is 0 Å². The van der Waals surface area contributed by atoms with E-state index in [1.807, 2.05) is 25.1 Å². The van der Waals surface area contributed by atoms with E-state index in [0.717, 1.165) is 18.8 Å². The SMILES string of the molecule is CNCCN(C)c1cc(C#N)ccc1N. The summed E-state index contributed by atoms with van der Waals surface area (Å²) in [4.78, 5) is 2.03. The lowest BCUT2D eigenvalue weighted by atomic mass is 10.2. The van der Waals surface area contributed by atoms with Gasteiger partial charge in [0, 0.05) is 20.1 Å². The van der Waals surface area contributed by atoms with E-state index in [9.17, 15) is 0 Å². The van der Waals surface area contributed by atoms with Gasteiger partial charge in [0.15, 0.2) is 0 Å². The molecule has 4 nitrogen and oxygen atoms in total. The first-order valence-electron chi connectivity index (χ1n) is 4.84.